The van der Waals surface area contributed by atoms with Crippen LogP contribution in [0, 0.1) is 0 Å². The molecule has 15 heavy (non-hydrogen) atoms. The van der Waals surface area contributed by atoms with Crippen molar-refractivity contribution in [2.75, 3.05) is 31.5 Å². The zero-order chi connectivity index (χ0) is 10.3. The van der Waals surface area contributed by atoms with E-state index in [2.05, 4.69) is 20.2 Å². The molecular weight excluding hydrogens is 188 g/mol. The summed E-state index contributed by atoms with van der Waals surface area (Å²) in [5.41, 5.74) is 0. The summed E-state index contributed by atoms with van der Waals surface area (Å²) in [5, 5.41) is 3.23. The highest BCUT2D eigenvalue weighted by molar-refractivity contribution is 5.21. The molecule has 0 unspecified atom stereocenters. The molecule has 1 aliphatic rings. The van der Waals surface area contributed by atoms with Crippen LogP contribution in [0.5, 0.6) is 0 Å². The van der Waals surface area contributed by atoms with Crippen molar-refractivity contribution in [2.45, 2.75) is 19.3 Å². The Morgan fingerprint density at radius 1 is 1.13 bits per heavy atom. The molecule has 0 aromatic carbocycles. The van der Waals surface area contributed by atoms with E-state index in [0.29, 0.717) is 0 Å². The average Bonchev–Trinajstić information content (AvgIpc) is 2.32. The third kappa shape index (κ3) is 3.47. The fourth-order valence-electron chi connectivity index (χ4n) is 1.90. The molecule has 2 rings (SSSR count). The number of nitrogens with zero attached hydrogens (tertiary/aromatic N) is 3. The van der Waals surface area contributed by atoms with Crippen LogP contribution in [-0.2, 0) is 0 Å². The quantitative estimate of drug-likeness (QED) is 0.808. The van der Waals surface area contributed by atoms with E-state index in [0.717, 1.165) is 19.0 Å². The molecule has 0 atom stereocenters. The van der Waals surface area contributed by atoms with E-state index in [4.69, 9.17) is 0 Å². The predicted octanol–water partition coefficient (Wildman–Crippen LogP) is 1.37. The Bertz CT molecular complexity index is 269. The predicted molar refractivity (Wildman–Crippen MR) is 60.8 cm³/mol. The number of nitrogens with one attached hydrogen (secondary N) is 1. The molecule has 1 aromatic heterocycles. The van der Waals surface area contributed by atoms with E-state index < -0.39 is 0 Å². The highest BCUT2D eigenvalue weighted by atomic mass is 15.2. The zero-order valence-electron chi connectivity index (χ0n) is 9.02. The molecular formula is C11H18N4. The van der Waals surface area contributed by atoms with Gasteiger partial charge in [-0.15, -0.1) is 0 Å². The first-order valence-electron chi connectivity index (χ1n) is 5.68. The molecule has 0 bridgehead atoms. The summed E-state index contributed by atoms with van der Waals surface area (Å²) in [4.78, 5) is 10.7. The maximum atomic E-state index is 4.12. The largest absolute Gasteiger partial charge is 0.353 e. The van der Waals surface area contributed by atoms with Gasteiger partial charge in [0.25, 0.3) is 0 Å². The second-order valence-corrected chi connectivity index (χ2v) is 3.90. The molecule has 1 aliphatic heterocycles. The lowest BCUT2D eigenvalue weighted by Gasteiger charge is -2.26. The lowest BCUT2D eigenvalue weighted by atomic mass is 10.1. The van der Waals surface area contributed by atoms with E-state index in [-0.39, 0.29) is 0 Å². The van der Waals surface area contributed by atoms with Gasteiger partial charge in [-0.05, 0) is 32.0 Å². The van der Waals surface area contributed by atoms with Crippen LogP contribution in [0.15, 0.2) is 18.5 Å². The maximum Gasteiger partial charge on any atom is 0.222 e. The van der Waals surface area contributed by atoms with Crippen LogP contribution in [0.25, 0.3) is 0 Å². The maximum absolute atomic E-state index is 4.12. The molecule has 4 heteroatoms. The van der Waals surface area contributed by atoms with Crippen LogP contribution < -0.4 is 5.32 Å². The van der Waals surface area contributed by atoms with Gasteiger partial charge in [0.05, 0.1) is 0 Å². The Hall–Kier alpha value is -1.16. The van der Waals surface area contributed by atoms with E-state index in [1.54, 1.807) is 12.4 Å². The Balaban J connectivity index is 1.66. The van der Waals surface area contributed by atoms with Crippen molar-refractivity contribution in [3.8, 4) is 0 Å². The minimum atomic E-state index is 0.731. The Morgan fingerprint density at radius 2 is 1.87 bits per heavy atom. The summed E-state index contributed by atoms with van der Waals surface area (Å²) in [6, 6.07) is 1.83. The monoisotopic (exact) mass is 206 g/mol. The summed E-state index contributed by atoms with van der Waals surface area (Å²) >= 11 is 0. The SMILES string of the molecule is c1cnc(NCCN2CCCCC2)nc1. The number of likely N-dealkylation sites (tertiary alicyclic amines) is 1. The number of hydrogen-bond donors (Lipinski definition) is 1. The number of anilines is 1. The Kier molecular flexibility index (Phi) is 3.91. The van der Waals surface area contributed by atoms with Crippen LogP contribution in [0.1, 0.15) is 19.3 Å². The van der Waals surface area contributed by atoms with Crippen LogP contribution in [0.4, 0.5) is 5.95 Å². The van der Waals surface area contributed by atoms with Gasteiger partial charge in [0.2, 0.25) is 5.95 Å². The first-order valence-corrected chi connectivity index (χ1v) is 5.68. The van der Waals surface area contributed by atoms with Gasteiger partial charge in [-0.3, -0.25) is 0 Å². The van der Waals surface area contributed by atoms with Crippen LogP contribution in [-0.4, -0.2) is 41.0 Å². The van der Waals surface area contributed by atoms with E-state index in [9.17, 15) is 0 Å². The van der Waals surface area contributed by atoms with Crippen molar-refractivity contribution in [3.05, 3.63) is 18.5 Å². The minimum absolute atomic E-state index is 0.731. The van der Waals surface area contributed by atoms with Gasteiger partial charge in [-0.2, -0.15) is 0 Å². The normalized spacial score (nSPS) is 17.6. The first kappa shape index (κ1) is 10.4. The van der Waals surface area contributed by atoms with Gasteiger partial charge in [-0.25, -0.2) is 9.97 Å². The average molecular weight is 206 g/mol. The number of rotatable bonds is 4. The topological polar surface area (TPSA) is 41.1 Å². The van der Waals surface area contributed by atoms with Crippen LogP contribution in [0.2, 0.25) is 0 Å². The highest BCUT2D eigenvalue weighted by Crippen LogP contribution is 2.07. The second-order valence-electron chi connectivity index (χ2n) is 3.90. The van der Waals surface area contributed by atoms with Gasteiger partial charge in [-0.1, -0.05) is 6.42 Å². The molecule has 0 aliphatic carbocycles. The molecule has 0 amide bonds. The summed E-state index contributed by atoms with van der Waals surface area (Å²) in [5.74, 6) is 0.731. The lowest BCUT2D eigenvalue weighted by Crippen LogP contribution is -2.33. The van der Waals surface area contributed by atoms with E-state index in [1.165, 1.54) is 32.4 Å². The first-order chi connectivity index (χ1) is 7.45. The van der Waals surface area contributed by atoms with E-state index >= 15 is 0 Å². The number of hydrogen-bond acceptors (Lipinski definition) is 4. The fourth-order valence-corrected chi connectivity index (χ4v) is 1.90. The molecule has 0 radical (unpaired) electrons. The second kappa shape index (κ2) is 5.66. The highest BCUT2D eigenvalue weighted by Gasteiger charge is 2.08. The van der Waals surface area contributed by atoms with Crippen molar-refractivity contribution in [2.24, 2.45) is 0 Å². The van der Waals surface area contributed by atoms with Crippen molar-refractivity contribution in [3.63, 3.8) is 0 Å². The van der Waals surface area contributed by atoms with Crippen molar-refractivity contribution >= 4 is 5.95 Å². The molecule has 2 heterocycles. The van der Waals surface area contributed by atoms with Gasteiger partial charge >= 0.3 is 0 Å². The van der Waals surface area contributed by atoms with Crippen molar-refractivity contribution < 1.29 is 0 Å². The summed E-state index contributed by atoms with van der Waals surface area (Å²) in [6.07, 6.45) is 7.61. The summed E-state index contributed by atoms with van der Waals surface area (Å²) in [6.45, 7) is 4.52. The molecule has 1 fully saturated rings. The molecule has 1 aromatic rings. The Labute approximate surface area is 90.7 Å². The van der Waals surface area contributed by atoms with E-state index in [1.807, 2.05) is 6.07 Å². The number of aromatic nitrogens is 2. The molecule has 82 valence electrons. The third-order valence-corrected chi connectivity index (χ3v) is 2.73. The molecule has 1 saturated heterocycles. The fraction of sp³-hybridized carbons (Fsp3) is 0.636. The smallest absolute Gasteiger partial charge is 0.222 e. The zero-order valence-corrected chi connectivity index (χ0v) is 9.02. The van der Waals surface area contributed by atoms with Gasteiger partial charge in [0.15, 0.2) is 0 Å². The molecule has 0 saturated carbocycles. The Morgan fingerprint density at radius 3 is 2.60 bits per heavy atom. The molecule has 0 spiro atoms. The summed E-state index contributed by atoms with van der Waals surface area (Å²) < 4.78 is 0. The number of piperidine rings is 1. The van der Waals surface area contributed by atoms with Gasteiger partial charge in [0.1, 0.15) is 0 Å². The molecule has 4 nitrogen and oxygen atoms in total. The van der Waals surface area contributed by atoms with Crippen molar-refractivity contribution in [1.29, 1.82) is 0 Å². The third-order valence-electron chi connectivity index (χ3n) is 2.73. The van der Waals surface area contributed by atoms with Gasteiger partial charge in [0, 0.05) is 25.5 Å². The van der Waals surface area contributed by atoms with Crippen LogP contribution >= 0.6 is 0 Å². The lowest BCUT2D eigenvalue weighted by molar-refractivity contribution is 0.237. The van der Waals surface area contributed by atoms with Gasteiger partial charge < -0.3 is 10.2 Å². The minimum Gasteiger partial charge on any atom is -0.353 e. The standard InChI is InChI=1S/C11H18N4/c1-2-8-15(9-3-1)10-7-14-11-12-5-4-6-13-11/h4-6H,1-3,7-10H2,(H,12,13,14). The van der Waals surface area contributed by atoms with Crippen molar-refractivity contribution in [1.82, 2.24) is 14.9 Å². The van der Waals surface area contributed by atoms with Crippen LogP contribution in [0.3, 0.4) is 0 Å². The summed E-state index contributed by atoms with van der Waals surface area (Å²) in [7, 11) is 0. The molecule has 1 N–H and O–H groups in total.